The van der Waals surface area contributed by atoms with Crippen LogP contribution in [0.1, 0.15) is 13.8 Å². The largest absolute Gasteiger partial charge is 0.481 e. The highest BCUT2D eigenvalue weighted by Crippen LogP contribution is 2.58. The van der Waals surface area contributed by atoms with Gasteiger partial charge >= 0.3 is 11.9 Å². The molecule has 0 radical (unpaired) electrons. The van der Waals surface area contributed by atoms with Crippen molar-refractivity contribution >= 4 is 11.9 Å². The zero-order valence-corrected chi connectivity index (χ0v) is 7.52. The summed E-state index contributed by atoms with van der Waals surface area (Å²) in [7, 11) is 0. The SMILES string of the molecule is CC1(C)[C@@H](/C=C/C(=O)O)[C@@H]1C(=O)O. The van der Waals surface area contributed by atoms with Crippen LogP contribution in [0.25, 0.3) is 0 Å². The lowest BCUT2D eigenvalue weighted by molar-refractivity contribution is -0.139. The number of carbonyl (C=O) groups is 2. The number of carboxylic acid groups (broad SMARTS) is 2. The molecule has 2 atom stereocenters. The smallest absolute Gasteiger partial charge is 0.327 e. The minimum atomic E-state index is -1.04. The van der Waals surface area contributed by atoms with Crippen LogP contribution in [0.15, 0.2) is 12.2 Å². The molecule has 1 saturated carbocycles. The number of carboxylic acids is 2. The standard InChI is InChI=1S/C9H12O4/c1-9(2)5(3-4-6(10)11)7(9)8(12)13/h3-5,7H,1-2H3,(H,10,11)(H,12,13)/b4-3+/t5-,7+/m0/s1. The molecule has 0 aromatic heterocycles. The Hall–Kier alpha value is -1.32. The van der Waals surface area contributed by atoms with E-state index in [1.807, 2.05) is 13.8 Å². The number of allylic oxidation sites excluding steroid dienone is 1. The number of rotatable bonds is 3. The summed E-state index contributed by atoms with van der Waals surface area (Å²) in [5.74, 6) is -2.49. The Kier molecular flexibility index (Phi) is 2.15. The summed E-state index contributed by atoms with van der Waals surface area (Å²) < 4.78 is 0. The molecule has 4 heteroatoms. The molecule has 0 saturated heterocycles. The number of aliphatic carboxylic acids is 2. The van der Waals surface area contributed by atoms with E-state index in [4.69, 9.17) is 10.2 Å². The van der Waals surface area contributed by atoms with Crippen molar-refractivity contribution in [3.05, 3.63) is 12.2 Å². The lowest BCUT2D eigenvalue weighted by atomic mass is 10.1. The van der Waals surface area contributed by atoms with E-state index in [1.165, 1.54) is 6.08 Å². The summed E-state index contributed by atoms with van der Waals surface area (Å²) in [4.78, 5) is 20.8. The number of hydrogen-bond acceptors (Lipinski definition) is 2. The second-order valence-electron chi connectivity index (χ2n) is 3.86. The van der Waals surface area contributed by atoms with Crippen molar-refractivity contribution in [1.29, 1.82) is 0 Å². The number of hydrogen-bond donors (Lipinski definition) is 2. The Morgan fingerprint density at radius 3 is 2.15 bits per heavy atom. The van der Waals surface area contributed by atoms with Crippen molar-refractivity contribution in [2.24, 2.45) is 17.3 Å². The molecule has 1 rings (SSSR count). The maximum Gasteiger partial charge on any atom is 0.327 e. The first-order valence-electron chi connectivity index (χ1n) is 4.01. The summed E-state index contributed by atoms with van der Waals surface area (Å²) in [6.45, 7) is 3.64. The topological polar surface area (TPSA) is 74.6 Å². The van der Waals surface area contributed by atoms with Gasteiger partial charge in [-0.25, -0.2) is 4.79 Å². The molecule has 0 aromatic carbocycles. The Bertz CT molecular complexity index is 277. The average Bonchev–Trinajstić information content (AvgIpc) is 2.48. The molecule has 72 valence electrons. The highest BCUT2D eigenvalue weighted by atomic mass is 16.4. The third kappa shape index (κ3) is 1.71. The van der Waals surface area contributed by atoms with Gasteiger partial charge in [-0.2, -0.15) is 0 Å². The van der Waals surface area contributed by atoms with Crippen LogP contribution in [0.5, 0.6) is 0 Å². The maximum absolute atomic E-state index is 10.7. The van der Waals surface area contributed by atoms with Gasteiger partial charge in [0.05, 0.1) is 5.92 Å². The van der Waals surface area contributed by atoms with Crippen molar-refractivity contribution in [3.8, 4) is 0 Å². The Labute approximate surface area is 75.9 Å². The molecule has 0 unspecified atom stereocenters. The molecule has 4 nitrogen and oxygen atoms in total. The normalized spacial score (nSPS) is 30.3. The summed E-state index contributed by atoms with van der Waals surface area (Å²) in [6, 6.07) is 0. The first-order valence-corrected chi connectivity index (χ1v) is 4.01. The molecular formula is C9H12O4. The first-order chi connectivity index (χ1) is 5.87. The molecule has 0 heterocycles. The van der Waals surface area contributed by atoms with Crippen molar-refractivity contribution in [3.63, 3.8) is 0 Å². The Morgan fingerprint density at radius 1 is 1.31 bits per heavy atom. The van der Waals surface area contributed by atoms with Gasteiger partial charge in [0, 0.05) is 6.08 Å². The van der Waals surface area contributed by atoms with Crippen molar-refractivity contribution in [2.75, 3.05) is 0 Å². The summed E-state index contributed by atoms with van der Waals surface area (Å²) in [6.07, 6.45) is 2.47. The van der Waals surface area contributed by atoms with Gasteiger partial charge in [-0.05, 0) is 11.3 Å². The van der Waals surface area contributed by atoms with Crippen LogP contribution in [-0.4, -0.2) is 22.2 Å². The van der Waals surface area contributed by atoms with Crippen LogP contribution in [-0.2, 0) is 9.59 Å². The monoisotopic (exact) mass is 184 g/mol. The van der Waals surface area contributed by atoms with E-state index in [-0.39, 0.29) is 11.3 Å². The summed E-state index contributed by atoms with van der Waals surface area (Å²) in [5, 5.41) is 17.1. The van der Waals surface area contributed by atoms with E-state index in [1.54, 1.807) is 0 Å². The van der Waals surface area contributed by atoms with Crippen LogP contribution >= 0.6 is 0 Å². The van der Waals surface area contributed by atoms with Crippen LogP contribution in [0, 0.1) is 17.3 Å². The first kappa shape index (κ1) is 9.77. The molecular weight excluding hydrogens is 172 g/mol. The fraction of sp³-hybridized carbons (Fsp3) is 0.556. The lowest BCUT2D eigenvalue weighted by Gasteiger charge is -1.95. The van der Waals surface area contributed by atoms with E-state index in [2.05, 4.69) is 0 Å². The third-order valence-electron chi connectivity index (χ3n) is 2.62. The predicted octanol–water partition coefficient (Wildman–Crippen LogP) is 0.984. The second-order valence-corrected chi connectivity index (χ2v) is 3.86. The summed E-state index contributed by atoms with van der Waals surface area (Å²) in [5.41, 5.74) is -0.308. The van der Waals surface area contributed by atoms with Gasteiger partial charge in [-0.3, -0.25) is 4.79 Å². The highest BCUT2D eigenvalue weighted by molar-refractivity contribution is 5.81. The minimum absolute atomic E-state index is 0.152. The molecule has 13 heavy (non-hydrogen) atoms. The molecule has 1 aliphatic rings. The van der Waals surface area contributed by atoms with Gasteiger partial charge in [-0.1, -0.05) is 19.9 Å². The van der Waals surface area contributed by atoms with E-state index in [0.717, 1.165) is 6.08 Å². The van der Waals surface area contributed by atoms with E-state index in [0.29, 0.717) is 0 Å². The van der Waals surface area contributed by atoms with Crippen LogP contribution < -0.4 is 0 Å². The quantitative estimate of drug-likeness (QED) is 0.641. The highest BCUT2D eigenvalue weighted by Gasteiger charge is 2.60. The van der Waals surface area contributed by atoms with Gasteiger partial charge in [0.25, 0.3) is 0 Å². The van der Waals surface area contributed by atoms with Gasteiger partial charge in [0.1, 0.15) is 0 Å². The molecule has 1 fully saturated rings. The molecule has 0 bridgehead atoms. The molecule has 0 aromatic rings. The molecule has 0 amide bonds. The van der Waals surface area contributed by atoms with Gasteiger partial charge in [0.15, 0.2) is 0 Å². The fourth-order valence-electron chi connectivity index (χ4n) is 1.69. The van der Waals surface area contributed by atoms with Gasteiger partial charge in [0.2, 0.25) is 0 Å². The Morgan fingerprint density at radius 2 is 1.85 bits per heavy atom. The zero-order chi connectivity index (χ0) is 10.2. The lowest BCUT2D eigenvalue weighted by Crippen LogP contribution is -2.03. The predicted molar refractivity (Wildman–Crippen MR) is 45.2 cm³/mol. The van der Waals surface area contributed by atoms with Gasteiger partial charge in [-0.15, -0.1) is 0 Å². The van der Waals surface area contributed by atoms with Crippen molar-refractivity contribution in [1.82, 2.24) is 0 Å². The van der Waals surface area contributed by atoms with E-state index < -0.39 is 17.9 Å². The molecule has 1 aliphatic carbocycles. The van der Waals surface area contributed by atoms with Crippen LogP contribution in [0.2, 0.25) is 0 Å². The molecule has 0 spiro atoms. The average molecular weight is 184 g/mol. The molecule has 2 N–H and O–H groups in total. The van der Waals surface area contributed by atoms with E-state index >= 15 is 0 Å². The second kappa shape index (κ2) is 2.87. The van der Waals surface area contributed by atoms with Crippen molar-refractivity contribution in [2.45, 2.75) is 13.8 Å². The Balaban J connectivity index is 2.66. The zero-order valence-electron chi connectivity index (χ0n) is 7.52. The van der Waals surface area contributed by atoms with Crippen LogP contribution in [0.3, 0.4) is 0 Å². The van der Waals surface area contributed by atoms with E-state index in [9.17, 15) is 9.59 Å². The van der Waals surface area contributed by atoms with Crippen LogP contribution in [0.4, 0.5) is 0 Å². The van der Waals surface area contributed by atoms with Crippen molar-refractivity contribution < 1.29 is 19.8 Å². The summed E-state index contributed by atoms with van der Waals surface area (Å²) >= 11 is 0. The molecule has 0 aliphatic heterocycles. The third-order valence-corrected chi connectivity index (χ3v) is 2.62. The minimum Gasteiger partial charge on any atom is -0.481 e. The maximum atomic E-state index is 10.7. The van der Waals surface area contributed by atoms with Gasteiger partial charge < -0.3 is 10.2 Å². The fourth-order valence-corrected chi connectivity index (χ4v) is 1.69.